The van der Waals surface area contributed by atoms with Crippen LogP contribution in [0.5, 0.6) is 0 Å². The highest BCUT2D eigenvalue weighted by molar-refractivity contribution is 4.96. The first-order valence-corrected chi connectivity index (χ1v) is 8.44. The van der Waals surface area contributed by atoms with Gasteiger partial charge in [-0.15, -0.1) is 0 Å². The van der Waals surface area contributed by atoms with E-state index in [1.165, 1.54) is 25.7 Å². The van der Waals surface area contributed by atoms with Crippen LogP contribution < -0.4 is 0 Å². The summed E-state index contributed by atoms with van der Waals surface area (Å²) in [6.45, 7) is 5.99. The number of hydrogen-bond acceptors (Lipinski definition) is 4. The predicted octanol–water partition coefficient (Wildman–Crippen LogP) is 1.21. The maximum absolute atomic E-state index is 10.9. The summed E-state index contributed by atoms with van der Waals surface area (Å²) >= 11 is 0. The van der Waals surface area contributed by atoms with Gasteiger partial charge in [0.1, 0.15) is 0 Å². The van der Waals surface area contributed by atoms with E-state index in [1.807, 2.05) is 0 Å². The minimum Gasteiger partial charge on any atom is -0.392 e. The van der Waals surface area contributed by atoms with Gasteiger partial charge in [-0.2, -0.15) is 0 Å². The van der Waals surface area contributed by atoms with Gasteiger partial charge in [0.2, 0.25) is 0 Å². The quantitative estimate of drug-likeness (QED) is 0.748. The molecule has 2 N–H and O–H groups in total. The summed E-state index contributed by atoms with van der Waals surface area (Å²) in [6, 6.07) is 0.986. The van der Waals surface area contributed by atoms with Gasteiger partial charge >= 0.3 is 0 Å². The smallest absolute Gasteiger partial charge is 0.0774 e. The van der Waals surface area contributed by atoms with E-state index >= 15 is 0 Å². The zero-order valence-corrected chi connectivity index (χ0v) is 12.8. The summed E-state index contributed by atoms with van der Waals surface area (Å²) in [4.78, 5) is 4.91. The molecule has 0 spiro atoms. The molecule has 0 unspecified atom stereocenters. The van der Waals surface area contributed by atoms with Crippen LogP contribution in [0.15, 0.2) is 0 Å². The third-order valence-electron chi connectivity index (χ3n) is 5.60. The molecular weight excluding hydrogens is 252 g/mol. The minimum absolute atomic E-state index is 0.145. The molecule has 1 saturated carbocycles. The molecule has 3 atom stereocenters. The van der Waals surface area contributed by atoms with Crippen LogP contribution in [0, 0.1) is 0 Å². The summed E-state index contributed by atoms with van der Waals surface area (Å²) in [6.07, 6.45) is 7.59. The topological polar surface area (TPSA) is 46.9 Å². The van der Waals surface area contributed by atoms with Crippen LogP contribution in [0.25, 0.3) is 0 Å². The molecule has 3 rings (SSSR count). The van der Waals surface area contributed by atoms with Crippen LogP contribution in [0.3, 0.4) is 0 Å². The molecular formula is C16H30N2O2. The Hall–Kier alpha value is -0.160. The van der Waals surface area contributed by atoms with Crippen LogP contribution in [0.1, 0.15) is 51.9 Å². The number of piperazine rings is 1. The number of aliphatic hydroxyl groups excluding tert-OH is 1. The number of aliphatic hydroxyl groups is 2. The Bertz CT molecular complexity index is 328. The third kappa shape index (κ3) is 3.19. The van der Waals surface area contributed by atoms with Gasteiger partial charge in [-0.05, 0) is 26.2 Å². The van der Waals surface area contributed by atoms with Gasteiger partial charge in [-0.25, -0.2) is 0 Å². The van der Waals surface area contributed by atoms with Gasteiger partial charge in [0.05, 0.1) is 11.7 Å². The number of hydrogen-bond donors (Lipinski definition) is 2. The second-order valence-electron chi connectivity index (χ2n) is 7.41. The van der Waals surface area contributed by atoms with Crippen LogP contribution in [-0.2, 0) is 0 Å². The van der Waals surface area contributed by atoms with E-state index in [1.54, 1.807) is 0 Å². The van der Waals surface area contributed by atoms with Gasteiger partial charge < -0.3 is 10.2 Å². The second kappa shape index (κ2) is 5.91. The molecule has 0 radical (unpaired) electrons. The first kappa shape index (κ1) is 14.8. The van der Waals surface area contributed by atoms with Crippen molar-refractivity contribution in [3.05, 3.63) is 0 Å². The molecule has 116 valence electrons. The van der Waals surface area contributed by atoms with Crippen molar-refractivity contribution in [2.45, 2.75) is 75.7 Å². The normalized spacial score (nSPS) is 39.5. The van der Waals surface area contributed by atoms with Crippen molar-refractivity contribution in [3.63, 3.8) is 0 Å². The molecule has 2 heterocycles. The largest absolute Gasteiger partial charge is 0.392 e. The monoisotopic (exact) mass is 282 g/mol. The average Bonchev–Trinajstić information content (AvgIpc) is 2.59. The third-order valence-corrected chi connectivity index (χ3v) is 5.60. The molecule has 4 heteroatoms. The van der Waals surface area contributed by atoms with Gasteiger partial charge in [0, 0.05) is 38.3 Å². The van der Waals surface area contributed by atoms with Crippen molar-refractivity contribution in [1.29, 1.82) is 0 Å². The van der Waals surface area contributed by atoms with Crippen molar-refractivity contribution in [2.75, 3.05) is 26.2 Å². The molecule has 3 aliphatic rings. The van der Waals surface area contributed by atoms with Gasteiger partial charge in [0.15, 0.2) is 0 Å². The highest BCUT2D eigenvalue weighted by atomic mass is 16.3. The summed E-state index contributed by atoms with van der Waals surface area (Å²) in [7, 11) is 0. The summed E-state index contributed by atoms with van der Waals surface area (Å²) in [5.41, 5.74) is -0.468. The van der Waals surface area contributed by atoms with Crippen LogP contribution in [-0.4, -0.2) is 70.0 Å². The Labute approximate surface area is 122 Å². The highest BCUT2D eigenvalue weighted by Crippen LogP contribution is 2.31. The minimum atomic E-state index is -0.468. The maximum Gasteiger partial charge on any atom is 0.0774 e. The summed E-state index contributed by atoms with van der Waals surface area (Å²) < 4.78 is 0. The van der Waals surface area contributed by atoms with E-state index in [0.29, 0.717) is 12.1 Å². The van der Waals surface area contributed by atoms with E-state index < -0.39 is 5.60 Å². The lowest BCUT2D eigenvalue weighted by Gasteiger charge is -2.45. The van der Waals surface area contributed by atoms with Crippen LogP contribution >= 0.6 is 0 Å². The lowest BCUT2D eigenvalue weighted by atomic mass is 9.92. The zero-order chi connectivity index (χ0) is 14.2. The predicted molar refractivity (Wildman–Crippen MR) is 79.7 cm³/mol. The van der Waals surface area contributed by atoms with E-state index in [4.69, 9.17) is 0 Å². The average molecular weight is 282 g/mol. The first-order chi connectivity index (χ1) is 9.56. The van der Waals surface area contributed by atoms with E-state index in [0.717, 1.165) is 45.4 Å². The lowest BCUT2D eigenvalue weighted by Crippen LogP contribution is -2.58. The van der Waals surface area contributed by atoms with Gasteiger partial charge in [-0.1, -0.05) is 25.7 Å². The molecule has 0 aromatic carbocycles. The molecule has 3 fully saturated rings. The molecule has 0 aromatic heterocycles. The van der Waals surface area contributed by atoms with E-state index in [-0.39, 0.29) is 6.10 Å². The Morgan fingerprint density at radius 2 is 1.75 bits per heavy atom. The van der Waals surface area contributed by atoms with Crippen molar-refractivity contribution in [2.24, 2.45) is 0 Å². The second-order valence-corrected chi connectivity index (χ2v) is 7.41. The molecule has 2 saturated heterocycles. The maximum atomic E-state index is 10.9. The van der Waals surface area contributed by atoms with Crippen molar-refractivity contribution in [1.82, 2.24) is 9.80 Å². The first-order valence-electron chi connectivity index (χ1n) is 8.44. The summed E-state index contributed by atoms with van der Waals surface area (Å²) in [5, 5.41) is 20.7. The fourth-order valence-electron chi connectivity index (χ4n) is 4.42. The van der Waals surface area contributed by atoms with E-state index in [9.17, 15) is 10.2 Å². The Balaban J connectivity index is 1.61. The van der Waals surface area contributed by atoms with Gasteiger partial charge in [-0.3, -0.25) is 9.80 Å². The lowest BCUT2D eigenvalue weighted by molar-refractivity contribution is -0.0426. The highest BCUT2D eigenvalue weighted by Gasteiger charge is 2.40. The fourth-order valence-corrected chi connectivity index (χ4v) is 4.42. The van der Waals surface area contributed by atoms with Crippen LogP contribution in [0.2, 0.25) is 0 Å². The Morgan fingerprint density at radius 1 is 1.05 bits per heavy atom. The standard InChI is InChI=1S/C16H30N2O2/c1-13-9-17-11-15(19)8-14(17)10-18(13)12-16(20)6-4-2-3-5-7-16/h13-15,19-20H,2-12H2,1H3/t13-,14-,15+/m0/s1. The summed E-state index contributed by atoms with van der Waals surface area (Å²) in [5.74, 6) is 0. The van der Waals surface area contributed by atoms with E-state index in [2.05, 4.69) is 16.7 Å². The number of fused-ring (bicyclic) bond motifs is 1. The zero-order valence-electron chi connectivity index (χ0n) is 12.8. The molecule has 0 aromatic rings. The fraction of sp³-hybridized carbons (Fsp3) is 1.00. The molecule has 0 bridgehead atoms. The molecule has 2 aliphatic heterocycles. The number of nitrogens with zero attached hydrogens (tertiary/aromatic N) is 2. The molecule has 0 amide bonds. The molecule has 4 nitrogen and oxygen atoms in total. The Morgan fingerprint density at radius 3 is 2.45 bits per heavy atom. The Kier molecular flexibility index (Phi) is 4.37. The van der Waals surface area contributed by atoms with Crippen LogP contribution in [0.4, 0.5) is 0 Å². The van der Waals surface area contributed by atoms with Crippen molar-refractivity contribution >= 4 is 0 Å². The number of rotatable bonds is 2. The SMILES string of the molecule is C[C@H]1CN2C[C@H](O)C[C@H]2CN1CC1(O)CCCCCC1. The molecule has 20 heavy (non-hydrogen) atoms. The van der Waals surface area contributed by atoms with Gasteiger partial charge in [0.25, 0.3) is 0 Å². The number of β-amino-alcohol motifs (C(OH)–C–C–N with tert-alkyl or cyclic N) is 1. The van der Waals surface area contributed by atoms with Crippen molar-refractivity contribution in [3.8, 4) is 0 Å². The molecule has 1 aliphatic carbocycles. The van der Waals surface area contributed by atoms with Crippen molar-refractivity contribution < 1.29 is 10.2 Å².